The maximum Gasteiger partial charge on any atom is 0.253 e. The Hall–Kier alpha value is -2.36. The van der Waals surface area contributed by atoms with Crippen molar-refractivity contribution >= 4 is 5.91 Å². The molecule has 1 aromatic heterocycles. The molecule has 0 radical (unpaired) electrons. The summed E-state index contributed by atoms with van der Waals surface area (Å²) in [6, 6.07) is 9.64. The highest BCUT2D eigenvalue weighted by atomic mass is 16.5. The van der Waals surface area contributed by atoms with Crippen LogP contribution in [0.4, 0.5) is 0 Å². The number of piperidine rings is 1. The second kappa shape index (κ2) is 6.60. The van der Waals surface area contributed by atoms with Crippen LogP contribution in [0.2, 0.25) is 0 Å². The number of methoxy groups -OCH3 is 1. The third-order valence-electron chi connectivity index (χ3n) is 4.07. The molecule has 3 rings (SSSR count). The monoisotopic (exact) mass is 296 g/mol. The van der Waals surface area contributed by atoms with Gasteiger partial charge in [-0.3, -0.25) is 9.78 Å². The summed E-state index contributed by atoms with van der Waals surface area (Å²) in [6.45, 7) is 1.73. The third-order valence-corrected chi connectivity index (χ3v) is 4.07. The van der Waals surface area contributed by atoms with E-state index in [4.69, 9.17) is 4.74 Å². The van der Waals surface area contributed by atoms with E-state index in [2.05, 4.69) is 4.98 Å². The molecule has 4 heteroatoms. The Morgan fingerprint density at radius 3 is 2.77 bits per heavy atom. The molecular formula is C18H20N2O2. The van der Waals surface area contributed by atoms with Gasteiger partial charge in [-0.2, -0.15) is 0 Å². The number of rotatable bonds is 3. The van der Waals surface area contributed by atoms with Crippen LogP contribution in [0.3, 0.4) is 0 Å². The number of carbonyl (C=O) groups excluding carboxylic acids is 1. The van der Waals surface area contributed by atoms with Crippen molar-refractivity contribution in [2.45, 2.75) is 19.3 Å². The quantitative estimate of drug-likeness (QED) is 0.872. The lowest BCUT2D eigenvalue weighted by atomic mass is 10.0. The lowest BCUT2D eigenvalue weighted by Crippen LogP contribution is -2.35. The molecule has 0 atom stereocenters. The molecule has 22 heavy (non-hydrogen) atoms. The Bertz CT molecular complexity index is 664. The molecule has 2 heterocycles. The van der Waals surface area contributed by atoms with E-state index in [0.717, 1.165) is 42.6 Å². The summed E-state index contributed by atoms with van der Waals surface area (Å²) >= 11 is 0. The van der Waals surface area contributed by atoms with E-state index in [1.165, 1.54) is 6.42 Å². The molecule has 0 bridgehead atoms. The van der Waals surface area contributed by atoms with Gasteiger partial charge in [-0.25, -0.2) is 0 Å². The summed E-state index contributed by atoms with van der Waals surface area (Å²) in [5.41, 5.74) is 2.66. The molecular weight excluding hydrogens is 276 g/mol. The van der Waals surface area contributed by atoms with Crippen LogP contribution >= 0.6 is 0 Å². The van der Waals surface area contributed by atoms with E-state index in [0.29, 0.717) is 5.75 Å². The van der Waals surface area contributed by atoms with Gasteiger partial charge in [0, 0.05) is 30.4 Å². The predicted molar refractivity (Wildman–Crippen MR) is 86.0 cm³/mol. The molecule has 0 aliphatic carbocycles. The van der Waals surface area contributed by atoms with Gasteiger partial charge in [0.25, 0.3) is 5.91 Å². The minimum absolute atomic E-state index is 0.120. The average Bonchev–Trinajstić information content (AvgIpc) is 2.62. The van der Waals surface area contributed by atoms with Crippen LogP contribution in [0.15, 0.2) is 42.7 Å². The van der Waals surface area contributed by atoms with Crippen molar-refractivity contribution in [2.24, 2.45) is 0 Å². The van der Waals surface area contributed by atoms with Crippen LogP contribution in [0.1, 0.15) is 29.6 Å². The van der Waals surface area contributed by atoms with Crippen molar-refractivity contribution in [1.82, 2.24) is 9.88 Å². The number of nitrogens with zero attached hydrogens (tertiary/aromatic N) is 2. The molecule has 2 aromatic rings. The number of benzene rings is 1. The Balaban J connectivity index is 1.90. The minimum atomic E-state index is 0.120. The summed E-state index contributed by atoms with van der Waals surface area (Å²) in [6.07, 6.45) is 6.84. The van der Waals surface area contributed by atoms with Gasteiger partial charge in [-0.05, 0) is 43.0 Å². The normalized spacial score (nSPS) is 14.7. The van der Waals surface area contributed by atoms with E-state index >= 15 is 0 Å². The van der Waals surface area contributed by atoms with E-state index in [1.807, 2.05) is 35.2 Å². The van der Waals surface area contributed by atoms with E-state index < -0.39 is 0 Å². The molecule has 1 aliphatic rings. The second-order valence-electron chi connectivity index (χ2n) is 5.51. The Morgan fingerprint density at radius 2 is 2.00 bits per heavy atom. The Morgan fingerprint density at radius 1 is 1.18 bits per heavy atom. The maximum atomic E-state index is 12.6. The molecule has 0 spiro atoms. The van der Waals surface area contributed by atoms with Crippen molar-refractivity contribution in [1.29, 1.82) is 0 Å². The largest absolute Gasteiger partial charge is 0.494 e. The number of carbonyl (C=O) groups is 1. The first-order valence-corrected chi connectivity index (χ1v) is 7.67. The van der Waals surface area contributed by atoms with Crippen molar-refractivity contribution in [3.05, 3.63) is 48.3 Å². The molecule has 114 valence electrons. The summed E-state index contributed by atoms with van der Waals surface area (Å²) in [5, 5.41) is 0. The molecule has 0 N–H and O–H groups in total. The first-order chi connectivity index (χ1) is 10.8. The fourth-order valence-corrected chi connectivity index (χ4v) is 2.88. The third kappa shape index (κ3) is 2.96. The lowest BCUT2D eigenvalue weighted by molar-refractivity contribution is 0.0724. The summed E-state index contributed by atoms with van der Waals surface area (Å²) in [5.74, 6) is 0.833. The predicted octanol–water partition coefficient (Wildman–Crippen LogP) is 3.38. The molecule has 0 saturated carbocycles. The molecule has 1 fully saturated rings. The molecule has 1 aromatic carbocycles. The fourth-order valence-electron chi connectivity index (χ4n) is 2.88. The SMILES string of the molecule is COc1cnccc1-c1cccc(C(=O)N2CCCCC2)c1. The number of hydrogen-bond acceptors (Lipinski definition) is 3. The first kappa shape index (κ1) is 14.6. The second-order valence-corrected chi connectivity index (χ2v) is 5.51. The number of hydrogen-bond donors (Lipinski definition) is 0. The molecule has 0 unspecified atom stereocenters. The van der Waals surface area contributed by atoms with E-state index in [-0.39, 0.29) is 5.91 Å². The molecule has 1 amide bonds. The van der Waals surface area contributed by atoms with E-state index in [1.54, 1.807) is 19.5 Å². The van der Waals surface area contributed by atoms with Crippen molar-refractivity contribution < 1.29 is 9.53 Å². The molecule has 4 nitrogen and oxygen atoms in total. The first-order valence-electron chi connectivity index (χ1n) is 7.67. The summed E-state index contributed by atoms with van der Waals surface area (Å²) in [7, 11) is 1.63. The van der Waals surface area contributed by atoms with Gasteiger partial charge in [-0.15, -0.1) is 0 Å². The van der Waals surface area contributed by atoms with Crippen LogP contribution < -0.4 is 4.74 Å². The lowest BCUT2D eigenvalue weighted by Gasteiger charge is -2.26. The topological polar surface area (TPSA) is 42.4 Å². The standard InChI is InChI=1S/C18H20N2O2/c1-22-17-13-19-9-8-16(17)14-6-5-7-15(12-14)18(21)20-10-3-2-4-11-20/h5-9,12-13H,2-4,10-11H2,1H3. The van der Waals surface area contributed by atoms with Gasteiger partial charge in [-0.1, -0.05) is 12.1 Å². The zero-order valence-corrected chi connectivity index (χ0v) is 12.8. The highest BCUT2D eigenvalue weighted by Crippen LogP contribution is 2.29. The molecule has 1 aliphatic heterocycles. The Labute approximate surface area is 130 Å². The smallest absolute Gasteiger partial charge is 0.253 e. The van der Waals surface area contributed by atoms with Crippen molar-refractivity contribution in [2.75, 3.05) is 20.2 Å². The summed E-state index contributed by atoms with van der Waals surface area (Å²) < 4.78 is 5.36. The Kier molecular flexibility index (Phi) is 4.37. The number of amides is 1. The van der Waals surface area contributed by atoms with Crippen LogP contribution in [0.25, 0.3) is 11.1 Å². The van der Waals surface area contributed by atoms with Crippen LogP contribution in [-0.2, 0) is 0 Å². The van der Waals surface area contributed by atoms with Crippen LogP contribution in [0, 0.1) is 0 Å². The number of likely N-dealkylation sites (tertiary alicyclic amines) is 1. The van der Waals surface area contributed by atoms with Crippen LogP contribution in [-0.4, -0.2) is 36.0 Å². The fraction of sp³-hybridized carbons (Fsp3) is 0.333. The summed E-state index contributed by atoms with van der Waals surface area (Å²) in [4.78, 5) is 18.6. The molecule has 1 saturated heterocycles. The van der Waals surface area contributed by atoms with Gasteiger partial charge < -0.3 is 9.64 Å². The highest BCUT2D eigenvalue weighted by molar-refractivity contribution is 5.95. The number of ether oxygens (including phenoxy) is 1. The van der Waals surface area contributed by atoms with Gasteiger partial charge in [0.2, 0.25) is 0 Å². The minimum Gasteiger partial charge on any atom is -0.494 e. The van der Waals surface area contributed by atoms with Gasteiger partial charge >= 0.3 is 0 Å². The zero-order valence-electron chi connectivity index (χ0n) is 12.8. The van der Waals surface area contributed by atoms with Gasteiger partial charge in [0.05, 0.1) is 13.3 Å². The average molecular weight is 296 g/mol. The maximum absolute atomic E-state index is 12.6. The zero-order chi connectivity index (χ0) is 15.4. The van der Waals surface area contributed by atoms with Gasteiger partial charge in [0.1, 0.15) is 5.75 Å². The number of pyridine rings is 1. The number of aromatic nitrogens is 1. The highest BCUT2D eigenvalue weighted by Gasteiger charge is 2.18. The van der Waals surface area contributed by atoms with Crippen molar-refractivity contribution in [3.8, 4) is 16.9 Å². The van der Waals surface area contributed by atoms with Gasteiger partial charge in [0.15, 0.2) is 0 Å². The van der Waals surface area contributed by atoms with Crippen LogP contribution in [0.5, 0.6) is 5.75 Å². The van der Waals surface area contributed by atoms with E-state index in [9.17, 15) is 4.79 Å². The van der Waals surface area contributed by atoms with Crippen molar-refractivity contribution in [3.63, 3.8) is 0 Å².